The number of hydrogen-bond donors (Lipinski definition) is 0. The second kappa shape index (κ2) is 12.0. The highest BCUT2D eigenvalue weighted by molar-refractivity contribution is 5.70. The molecule has 1 heterocycles. The molecule has 0 aliphatic rings. The third-order valence-corrected chi connectivity index (χ3v) is 6.03. The van der Waals surface area contributed by atoms with Crippen LogP contribution in [0.2, 0.25) is 0 Å². The normalized spacial score (nSPS) is 11.0. The lowest BCUT2D eigenvalue weighted by Gasteiger charge is -2.14. The minimum Gasteiger partial charge on any atom is -0.485 e. The predicted molar refractivity (Wildman–Crippen MR) is 153 cm³/mol. The van der Waals surface area contributed by atoms with Crippen molar-refractivity contribution in [2.24, 2.45) is 0 Å². The van der Waals surface area contributed by atoms with Crippen LogP contribution in [0.1, 0.15) is 22.6 Å². The molecule has 0 aliphatic heterocycles. The summed E-state index contributed by atoms with van der Waals surface area (Å²) in [5.74, 6) is 2.52. The topological polar surface area (TPSA) is 47.7 Å². The lowest BCUT2D eigenvalue weighted by molar-refractivity contribution is 0.256. The molecule has 0 spiro atoms. The SMILES string of the molecule is CN(C)c1cccc(/C=C/c2ncc(-c3ccc(OCc4ccccc4)c(OCc4ccccc4)c3)o2)c1. The molecule has 0 amide bonds. The third-order valence-electron chi connectivity index (χ3n) is 6.03. The first-order valence-corrected chi connectivity index (χ1v) is 12.5. The molecule has 0 fully saturated rings. The molecule has 0 atom stereocenters. The van der Waals surface area contributed by atoms with E-state index in [0.717, 1.165) is 27.9 Å². The molecular formula is C33H30N2O3. The maximum Gasteiger partial charge on any atom is 0.219 e. The van der Waals surface area contributed by atoms with E-state index >= 15 is 0 Å². The number of nitrogens with zero attached hydrogens (tertiary/aromatic N) is 2. The van der Waals surface area contributed by atoms with Gasteiger partial charge >= 0.3 is 0 Å². The van der Waals surface area contributed by atoms with Crippen molar-refractivity contribution in [3.05, 3.63) is 132 Å². The molecule has 0 saturated heterocycles. The van der Waals surface area contributed by atoms with Crippen LogP contribution in [0.25, 0.3) is 23.5 Å². The molecular weight excluding hydrogens is 472 g/mol. The molecule has 0 unspecified atom stereocenters. The summed E-state index contributed by atoms with van der Waals surface area (Å²) in [5, 5.41) is 0. The molecule has 0 N–H and O–H groups in total. The highest BCUT2D eigenvalue weighted by atomic mass is 16.5. The van der Waals surface area contributed by atoms with Gasteiger partial charge in [0.15, 0.2) is 17.3 Å². The van der Waals surface area contributed by atoms with E-state index in [1.165, 1.54) is 0 Å². The number of benzene rings is 4. The number of rotatable bonds is 10. The predicted octanol–water partition coefficient (Wildman–Crippen LogP) is 7.74. The highest BCUT2D eigenvalue weighted by Gasteiger charge is 2.12. The number of aromatic nitrogens is 1. The summed E-state index contributed by atoms with van der Waals surface area (Å²) in [5.41, 5.74) is 5.25. The van der Waals surface area contributed by atoms with Gasteiger partial charge in [-0.2, -0.15) is 0 Å². The van der Waals surface area contributed by atoms with Crippen molar-refractivity contribution in [1.82, 2.24) is 4.98 Å². The van der Waals surface area contributed by atoms with E-state index in [1.807, 2.05) is 111 Å². The zero-order valence-corrected chi connectivity index (χ0v) is 21.6. The van der Waals surface area contributed by atoms with Crippen molar-refractivity contribution in [3.63, 3.8) is 0 Å². The Labute approximate surface area is 223 Å². The molecule has 0 radical (unpaired) electrons. The molecule has 0 bridgehead atoms. The van der Waals surface area contributed by atoms with E-state index in [-0.39, 0.29) is 0 Å². The lowest BCUT2D eigenvalue weighted by atomic mass is 10.1. The Balaban J connectivity index is 1.35. The van der Waals surface area contributed by atoms with Crippen molar-refractivity contribution in [2.75, 3.05) is 19.0 Å². The first-order valence-electron chi connectivity index (χ1n) is 12.5. The Bertz CT molecular complexity index is 1490. The van der Waals surface area contributed by atoms with Gasteiger partial charge in [0.25, 0.3) is 0 Å². The van der Waals surface area contributed by atoms with Gasteiger partial charge in [0.2, 0.25) is 5.89 Å². The minimum atomic E-state index is 0.433. The fourth-order valence-electron chi connectivity index (χ4n) is 3.94. The molecule has 38 heavy (non-hydrogen) atoms. The maximum atomic E-state index is 6.21. The second-order valence-electron chi connectivity index (χ2n) is 9.10. The molecule has 0 aliphatic carbocycles. The van der Waals surface area contributed by atoms with Crippen LogP contribution in [0.3, 0.4) is 0 Å². The first-order chi connectivity index (χ1) is 18.6. The van der Waals surface area contributed by atoms with Gasteiger partial charge in [-0.3, -0.25) is 0 Å². The fraction of sp³-hybridized carbons (Fsp3) is 0.121. The summed E-state index contributed by atoms with van der Waals surface area (Å²) < 4.78 is 18.4. The van der Waals surface area contributed by atoms with E-state index in [2.05, 4.69) is 28.1 Å². The monoisotopic (exact) mass is 502 g/mol. The van der Waals surface area contributed by atoms with Crippen molar-refractivity contribution >= 4 is 17.8 Å². The molecule has 190 valence electrons. The summed E-state index contributed by atoms with van der Waals surface area (Å²) >= 11 is 0. The summed E-state index contributed by atoms with van der Waals surface area (Å²) in [6, 6.07) is 34.3. The molecule has 1 aromatic heterocycles. The Morgan fingerprint density at radius 1 is 0.711 bits per heavy atom. The van der Waals surface area contributed by atoms with Crippen LogP contribution >= 0.6 is 0 Å². The van der Waals surface area contributed by atoms with Crippen molar-refractivity contribution in [1.29, 1.82) is 0 Å². The van der Waals surface area contributed by atoms with Crippen molar-refractivity contribution in [2.45, 2.75) is 13.2 Å². The van der Waals surface area contributed by atoms with Gasteiger partial charge in [-0.1, -0.05) is 72.8 Å². The van der Waals surface area contributed by atoms with Crippen LogP contribution in [-0.2, 0) is 13.2 Å². The van der Waals surface area contributed by atoms with Gasteiger partial charge in [-0.25, -0.2) is 4.98 Å². The van der Waals surface area contributed by atoms with E-state index in [4.69, 9.17) is 13.9 Å². The van der Waals surface area contributed by atoms with Gasteiger partial charge in [0, 0.05) is 31.4 Å². The first kappa shape index (κ1) is 24.9. The van der Waals surface area contributed by atoms with Gasteiger partial charge in [-0.05, 0) is 53.1 Å². The van der Waals surface area contributed by atoms with E-state index in [9.17, 15) is 0 Å². The average Bonchev–Trinajstić information content (AvgIpc) is 3.44. The van der Waals surface area contributed by atoms with Gasteiger partial charge in [0.05, 0.1) is 6.20 Å². The Kier molecular flexibility index (Phi) is 7.85. The number of hydrogen-bond acceptors (Lipinski definition) is 5. The summed E-state index contributed by atoms with van der Waals surface area (Å²) in [7, 11) is 4.05. The third kappa shape index (κ3) is 6.51. The van der Waals surface area contributed by atoms with Crippen LogP contribution in [0.15, 0.2) is 114 Å². The smallest absolute Gasteiger partial charge is 0.219 e. The van der Waals surface area contributed by atoms with Gasteiger partial charge < -0.3 is 18.8 Å². The molecule has 5 aromatic rings. The average molecular weight is 503 g/mol. The summed E-state index contributed by atoms with van der Waals surface area (Å²) in [4.78, 5) is 6.53. The van der Waals surface area contributed by atoms with Crippen LogP contribution in [0.4, 0.5) is 5.69 Å². The van der Waals surface area contributed by atoms with E-state index < -0.39 is 0 Å². The summed E-state index contributed by atoms with van der Waals surface area (Å²) in [6.45, 7) is 0.885. The number of ether oxygens (including phenoxy) is 2. The van der Waals surface area contributed by atoms with Gasteiger partial charge in [-0.15, -0.1) is 0 Å². The largest absolute Gasteiger partial charge is 0.485 e. The zero-order valence-electron chi connectivity index (χ0n) is 21.6. The standard InChI is InChI=1S/C33H30N2O3/c1-35(2)29-15-9-14-25(20-29)16-19-33-34-22-32(38-33)28-17-18-30(36-23-26-10-5-3-6-11-26)31(21-28)37-24-27-12-7-4-8-13-27/h3-22H,23-24H2,1-2H3/b19-16+. The summed E-state index contributed by atoms with van der Waals surface area (Å²) in [6.07, 6.45) is 5.61. The second-order valence-corrected chi connectivity index (χ2v) is 9.10. The minimum absolute atomic E-state index is 0.433. The quantitative estimate of drug-likeness (QED) is 0.195. The molecule has 5 rings (SSSR count). The Morgan fingerprint density at radius 3 is 2.08 bits per heavy atom. The molecule has 4 aromatic carbocycles. The molecule has 5 nitrogen and oxygen atoms in total. The van der Waals surface area contributed by atoms with Crippen molar-refractivity contribution < 1.29 is 13.9 Å². The molecule has 0 saturated carbocycles. The molecule has 5 heteroatoms. The lowest BCUT2D eigenvalue weighted by Crippen LogP contribution is -2.08. The number of anilines is 1. The zero-order chi connectivity index (χ0) is 26.2. The van der Waals surface area contributed by atoms with Crippen LogP contribution in [-0.4, -0.2) is 19.1 Å². The van der Waals surface area contributed by atoms with Crippen LogP contribution < -0.4 is 14.4 Å². The Morgan fingerprint density at radius 2 is 1.39 bits per heavy atom. The van der Waals surface area contributed by atoms with Crippen molar-refractivity contribution in [3.8, 4) is 22.8 Å². The Hall–Kier alpha value is -4.77. The van der Waals surface area contributed by atoms with Crippen LogP contribution in [0, 0.1) is 0 Å². The highest BCUT2D eigenvalue weighted by Crippen LogP contribution is 2.34. The maximum absolute atomic E-state index is 6.21. The van der Waals surface area contributed by atoms with E-state index in [1.54, 1.807) is 6.20 Å². The van der Waals surface area contributed by atoms with Gasteiger partial charge in [0.1, 0.15) is 13.2 Å². The van der Waals surface area contributed by atoms with Crippen LogP contribution in [0.5, 0.6) is 11.5 Å². The fourth-order valence-corrected chi connectivity index (χ4v) is 3.94. The van der Waals surface area contributed by atoms with E-state index in [0.29, 0.717) is 36.4 Å². The number of oxazole rings is 1.